The monoisotopic (exact) mass is 318 g/mol. The van der Waals surface area contributed by atoms with E-state index in [0.29, 0.717) is 6.42 Å². The number of benzene rings is 1. The van der Waals surface area contributed by atoms with Crippen LogP contribution in [0.2, 0.25) is 0 Å². The quantitative estimate of drug-likeness (QED) is 0.614. The molecule has 122 valence electrons. The number of hydrogen-bond donors (Lipinski definition) is 1. The van der Waals surface area contributed by atoms with Gasteiger partial charge >= 0.3 is 5.97 Å². The molecule has 0 radical (unpaired) electrons. The fourth-order valence-electron chi connectivity index (χ4n) is 2.50. The summed E-state index contributed by atoms with van der Waals surface area (Å²) in [7, 11) is 0. The van der Waals surface area contributed by atoms with Crippen molar-refractivity contribution < 1.29 is 23.9 Å². The Bertz CT molecular complexity index is 635. The molecule has 1 aromatic rings. The lowest BCUT2D eigenvalue weighted by Crippen LogP contribution is -2.49. The van der Waals surface area contributed by atoms with Crippen molar-refractivity contribution >= 4 is 23.7 Å². The summed E-state index contributed by atoms with van der Waals surface area (Å²) >= 11 is 0. The van der Waals surface area contributed by atoms with E-state index in [4.69, 9.17) is 10.5 Å². The van der Waals surface area contributed by atoms with Crippen LogP contribution in [0.4, 0.5) is 0 Å². The van der Waals surface area contributed by atoms with E-state index in [9.17, 15) is 19.2 Å². The van der Waals surface area contributed by atoms with Crippen molar-refractivity contribution in [3.8, 4) is 0 Å². The summed E-state index contributed by atoms with van der Waals surface area (Å²) in [5.41, 5.74) is 5.48. The van der Waals surface area contributed by atoms with Crippen molar-refractivity contribution in [3.05, 3.63) is 35.4 Å². The van der Waals surface area contributed by atoms with E-state index >= 15 is 0 Å². The number of fused-ring (bicyclic) bond motifs is 1. The van der Waals surface area contributed by atoms with Crippen LogP contribution in [0.5, 0.6) is 0 Å². The van der Waals surface area contributed by atoms with Gasteiger partial charge in [-0.05, 0) is 18.1 Å². The maximum Gasteiger partial charge on any atom is 0.330 e. The van der Waals surface area contributed by atoms with Crippen LogP contribution in [0.15, 0.2) is 24.3 Å². The fourth-order valence-corrected chi connectivity index (χ4v) is 2.50. The van der Waals surface area contributed by atoms with Crippen LogP contribution in [0.1, 0.15) is 41.0 Å². The molecule has 0 unspecified atom stereocenters. The van der Waals surface area contributed by atoms with E-state index in [1.165, 1.54) is 12.1 Å². The Morgan fingerprint density at radius 2 is 1.70 bits per heavy atom. The smallest absolute Gasteiger partial charge is 0.330 e. The molecule has 2 atom stereocenters. The summed E-state index contributed by atoms with van der Waals surface area (Å²) in [5.74, 6) is -3.01. The van der Waals surface area contributed by atoms with Crippen LogP contribution < -0.4 is 5.73 Å². The number of primary amides is 1. The van der Waals surface area contributed by atoms with Crippen molar-refractivity contribution in [2.75, 3.05) is 6.61 Å². The maximum atomic E-state index is 12.5. The highest BCUT2D eigenvalue weighted by Gasteiger charge is 2.45. The molecule has 1 heterocycles. The number of imide groups is 1. The number of ether oxygens (including phenoxy) is 1. The van der Waals surface area contributed by atoms with Gasteiger partial charge < -0.3 is 10.5 Å². The number of nitrogens with zero attached hydrogens (tertiary/aromatic N) is 1. The number of esters is 1. The predicted octanol–water partition coefficient (Wildman–Crippen LogP) is 0.726. The Labute approximate surface area is 133 Å². The second-order valence-corrected chi connectivity index (χ2v) is 5.43. The van der Waals surface area contributed by atoms with Gasteiger partial charge in [-0.15, -0.1) is 0 Å². The van der Waals surface area contributed by atoms with Crippen LogP contribution >= 0.6 is 0 Å². The molecule has 7 heteroatoms. The molecule has 3 amide bonds. The summed E-state index contributed by atoms with van der Waals surface area (Å²) in [6.45, 7) is 2.98. The highest BCUT2D eigenvalue weighted by Crippen LogP contribution is 2.28. The first-order valence-electron chi connectivity index (χ1n) is 7.30. The zero-order chi connectivity index (χ0) is 17.1. The maximum absolute atomic E-state index is 12.5. The van der Waals surface area contributed by atoms with E-state index in [1.54, 1.807) is 19.1 Å². The van der Waals surface area contributed by atoms with E-state index in [1.807, 2.05) is 6.92 Å². The predicted molar refractivity (Wildman–Crippen MR) is 80.3 cm³/mol. The lowest BCUT2D eigenvalue weighted by molar-refractivity contribution is -0.153. The third-order valence-electron chi connectivity index (χ3n) is 3.88. The highest BCUT2D eigenvalue weighted by molar-refractivity contribution is 6.22. The molecule has 1 aliphatic rings. The van der Waals surface area contributed by atoms with Gasteiger partial charge in [0.05, 0.1) is 11.1 Å². The molecule has 7 nitrogen and oxygen atoms in total. The van der Waals surface area contributed by atoms with Crippen LogP contribution in [0, 0.1) is 5.92 Å². The number of nitrogens with two attached hydrogens (primary N) is 1. The standard InChI is InChI=1S/C16H18N2O5/c1-3-9(2)13(16(22)23-8-12(17)19)18-14(20)10-6-4-5-7-11(10)15(18)21/h4-7,9,13H,3,8H2,1-2H3,(H2,17,19)/t9-,13-/m0/s1. The zero-order valence-corrected chi connectivity index (χ0v) is 12.9. The van der Waals surface area contributed by atoms with Gasteiger partial charge in [0.2, 0.25) is 0 Å². The Morgan fingerprint density at radius 3 is 2.13 bits per heavy atom. The van der Waals surface area contributed by atoms with Gasteiger partial charge in [0, 0.05) is 0 Å². The number of amides is 3. The number of carbonyl (C=O) groups is 4. The largest absolute Gasteiger partial charge is 0.454 e. The third kappa shape index (κ3) is 3.08. The molecular formula is C16H18N2O5. The SMILES string of the molecule is CC[C@H](C)[C@@H](C(=O)OCC(N)=O)N1C(=O)c2ccccc2C1=O. The average Bonchev–Trinajstić information content (AvgIpc) is 2.78. The van der Waals surface area contributed by atoms with Crippen molar-refractivity contribution in [2.24, 2.45) is 11.7 Å². The molecule has 0 spiro atoms. The molecular weight excluding hydrogens is 300 g/mol. The second-order valence-electron chi connectivity index (χ2n) is 5.43. The van der Waals surface area contributed by atoms with Crippen LogP contribution in [-0.4, -0.2) is 41.2 Å². The molecule has 0 aliphatic carbocycles. The Balaban J connectivity index is 2.34. The summed E-state index contributed by atoms with van der Waals surface area (Å²) < 4.78 is 4.84. The van der Waals surface area contributed by atoms with E-state index in [2.05, 4.69) is 0 Å². The lowest BCUT2D eigenvalue weighted by Gasteiger charge is -2.28. The van der Waals surface area contributed by atoms with Crippen molar-refractivity contribution in [2.45, 2.75) is 26.3 Å². The van der Waals surface area contributed by atoms with Gasteiger partial charge in [-0.1, -0.05) is 32.4 Å². The van der Waals surface area contributed by atoms with Crippen molar-refractivity contribution in [1.29, 1.82) is 0 Å². The number of hydrogen-bond acceptors (Lipinski definition) is 5. The minimum absolute atomic E-state index is 0.258. The summed E-state index contributed by atoms with van der Waals surface area (Å²) in [4.78, 5) is 49.0. The van der Waals surface area contributed by atoms with E-state index < -0.39 is 36.3 Å². The van der Waals surface area contributed by atoms with Crippen molar-refractivity contribution in [3.63, 3.8) is 0 Å². The number of rotatable bonds is 6. The topological polar surface area (TPSA) is 107 Å². The third-order valence-corrected chi connectivity index (χ3v) is 3.88. The Morgan fingerprint density at radius 1 is 1.17 bits per heavy atom. The molecule has 2 rings (SSSR count). The lowest BCUT2D eigenvalue weighted by atomic mass is 9.97. The molecule has 1 aliphatic heterocycles. The molecule has 1 aromatic carbocycles. The average molecular weight is 318 g/mol. The molecule has 0 saturated carbocycles. The summed E-state index contributed by atoms with van der Waals surface area (Å²) in [5, 5.41) is 0. The van der Waals surface area contributed by atoms with Crippen molar-refractivity contribution in [1.82, 2.24) is 4.90 Å². The molecule has 0 fully saturated rings. The van der Waals surface area contributed by atoms with Gasteiger partial charge in [-0.2, -0.15) is 0 Å². The zero-order valence-electron chi connectivity index (χ0n) is 12.9. The van der Waals surface area contributed by atoms with Crippen LogP contribution in [0.25, 0.3) is 0 Å². The molecule has 0 aromatic heterocycles. The van der Waals surface area contributed by atoms with E-state index in [-0.39, 0.29) is 17.0 Å². The minimum Gasteiger partial charge on any atom is -0.454 e. The van der Waals surface area contributed by atoms with E-state index in [0.717, 1.165) is 4.90 Å². The first kappa shape index (κ1) is 16.7. The van der Waals surface area contributed by atoms with Gasteiger partial charge in [0.1, 0.15) is 6.04 Å². The Kier molecular flexibility index (Phi) is 4.78. The van der Waals surface area contributed by atoms with Gasteiger partial charge in [0.25, 0.3) is 17.7 Å². The number of carbonyl (C=O) groups excluding carboxylic acids is 4. The molecule has 0 saturated heterocycles. The molecule has 0 bridgehead atoms. The summed E-state index contributed by atoms with van der Waals surface area (Å²) in [6, 6.07) is 5.29. The van der Waals surface area contributed by atoms with Gasteiger partial charge in [-0.25, -0.2) is 4.79 Å². The van der Waals surface area contributed by atoms with Gasteiger partial charge in [0.15, 0.2) is 6.61 Å². The normalized spacial score (nSPS) is 16.0. The van der Waals surface area contributed by atoms with Crippen LogP contribution in [0.3, 0.4) is 0 Å². The summed E-state index contributed by atoms with van der Waals surface area (Å²) in [6.07, 6.45) is 0.545. The molecule has 23 heavy (non-hydrogen) atoms. The minimum atomic E-state index is -1.09. The molecule has 2 N–H and O–H groups in total. The first-order chi connectivity index (χ1) is 10.9. The second kappa shape index (κ2) is 6.60. The first-order valence-corrected chi connectivity index (χ1v) is 7.30. The van der Waals surface area contributed by atoms with Gasteiger partial charge in [-0.3, -0.25) is 19.3 Å². The fraction of sp³-hybridized carbons (Fsp3) is 0.375. The Hall–Kier alpha value is -2.70. The highest BCUT2D eigenvalue weighted by atomic mass is 16.5. The van der Waals surface area contributed by atoms with Crippen LogP contribution in [-0.2, 0) is 14.3 Å².